The molecule has 0 rings (SSSR count). The van der Waals surface area contributed by atoms with Crippen molar-refractivity contribution in [2.75, 3.05) is 17.8 Å². The van der Waals surface area contributed by atoms with Gasteiger partial charge in [0.25, 0.3) is 0 Å². The fourth-order valence-corrected chi connectivity index (χ4v) is 2.89. The number of carbonyl (C=O) groups excluding carboxylic acids is 3. The number of thiol groups is 1. The lowest BCUT2D eigenvalue weighted by Crippen LogP contribution is -2.58. The Morgan fingerprint density at radius 2 is 1.26 bits per heavy atom. The Morgan fingerprint density at radius 1 is 0.839 bits per heavy atom. The number of hydrogen-bond acceptors (Lipinski definition) is 9. The Balaban J connectivity index is 5.41. The number of rotatable bonds is 15. The normalized spacial score (nSPS) is 14.4. The van der Waals surface area contributed by atoms with Crippen molar-refractivity contribution in [2.24, 2.45) is 5.73 Å². The second-order valence-electron chi connectivity index (χ2n) is 6.29. The zero-order valence-corrected chi connectivity index (χ0v) is 18.3. The molecule has 3 amide bonds. The van der Waals surface area contributed by atoms with Crippen molar-refractivity contribution in [1.82, 2.24) is 16.0 Å². The largest absolute Gasteiger partial charge is 0.481 e. The number of nitrogens with one attached hydrogen (secondary N) is 3. The first kappa shape index (κ1) is 28.5. The summed E-state index contributed by atoms with van der Waals surface area (Å²) in [6.07, 6.45) is 0.278. The van der Waals surface area contributed by atoms with E-state index in [1.807, 2.05) is 10.6 Å². The predicted molar refractivity (Wildman–Crippen MR) is 113 cm³/mol. The number of carbonyl (C=O) groups is 6. The first-order valence-electron chi connectivity index (χ1n) is 8.85. The van der Waals surface area contributed by atoms with Gasteiger partial charge >= 0.3 is 17.9 Å². The minimum atomic E-state index is -1.73. The zero-order valence-electron chi connectivity index (χ0n) is 16.6. The van der Waals surface area contributed by atoms with E-state index in [-0.39, 0.29) is 12.2 Å². The zero-order chi connectivity index (χ0) is 24.1. The summed E-state index contributed by atoms with van der Waals surface area (Å²) in [6, 6.07) is -5.84. The van der Waals surface area contributed by atoms with Crippen LogP contribution in [-0.2, 0) is 28.8 Å². The van der Waals surface area contributed by atoms with Gasteiger partial charge in [0.15, 0.2) is 0 Å². The molecule has 13 nitrogen and oxygen atoms in total. The summed E-state index contributed by atoms with van der Waals surface area (Å²) < 4.78 is 0. The van der Waals surface area contributed by atoms with Crippen LogP contribution in [0.3, 0.4) is 0 Å². The molecule has 0 aliphatic carbocycles. The Labute approximate surface area is 187 Å². The quantitative estimate of drug-likeness (QED) is 0.114. The smallest absolute Gasteiger partial charge is 0.327 e. The van der Waals surface area contributed by atoms with Crippen molar-refractivity contribution in [1.29, 1.82) is 0 Å². The van der Waals surface area contributed by atoms with Crippen molar-refractivity contribution >= 4 is 60.0 Å². The number of amides is 3. The highest BCUT2D eigenvalue weighted by atomic mass is 32.2. The van der Waals surface area contributed by atoms with E-state index >= 15 is 0 Å². The average molecular weight is 483 g/mol. The van der Waals surface area contributed by atoms with Gasteiger partial charge in [-0.25, -0.2) is 4.79 Å². The highest BCUT2D eigenvalue weighted by Gasteiger charge is 2.32. The maximum atomic E-state index is 12.5. The van der Waals surface area contributed by atoms with Gasteiger partial charge in [0, 0.05) is 5.75 Å². The molecule has 4 unspecified atom stereocenters. The highest BCUT2D eigenvalue weighted by Crippen LogP contribution is 2.03. The van der Waals surface area contributed by atoms with E-state index < -0.39 is 72.6 Å². The summed E-state index contributed by atoms with van der Waals surface area (Å²) in [7, 11) is 0. The fourth-order valence-electron chi connectivity index (χ4n) is 2.15. The molecule has 4 atom stereocenters. The maximum Gasteiger partial charge on any atom is 0.327 e. The molecule has 0 aromatic carbocycles. The van der Waals surface area contributed by atoms with Crippen LogP contribution in [-0.4, -0.2) is 92.9 Å². The van der Waals surface area contributed by atoms with Gasteiger partial charge in [-0.05, 0) is 18.4 Å². The number of aliphatic carboxylic acids is 3. The van der Waals surface area contributed by atoms with Gasteiger partial charge in [-0.3, -0.25) is 24.0 Å². The van der Waals surface area contributed by atoms with E-state index in [0.29, 0.717) is 5.75 Å². The van der Waals surface area contributed by atoms with Crippen LogP contribution in [0.5, 0.6) is 0 Å². The van der Waals surface area contributed by atoms with E-state index in [1.54, 1.807) is 6.26 Å². The van der Waals surface area contributed by atoms with Crippen LogP contribution >= 0.6 is 24.4 Å². The predicted octanol–water partition coefficient (Wildman–Crippen LogP) is -2.51. The lowest BCUT2D eigenvalue weighted by atomic mass is 10.1. The summed E-state index contributed by atoms with van der Waals surface area (Å²) in [5.74, 6) is -7.20. The molecule has 0 fully saturated rings. The molecular formula is C16H26N4O9S2. The summed E-state index contributed by atoms with van der Waals surface area (Å²) >= 11 is 5.19. The van der Waals surface area contributed by atoms with Gasteiger partial charge in [-0.15, -0.1) is 0 Å². The Kier molecular flexibility index (Phi) is 13.3. The molecule has 0 aliphatic rings. The standard InChI is InChI=1S/C16H26N4O9S2/c1-31-3-2-7(17)13(25)18-8(4-11(21)22)14(26)19-9(5-12(23)24)15(27)20-10(6-30)16(28)29/h7-10,30H,2-6,17H2,1H3,(H,18,25)(H,19,26)(H,20,27)(H,21,22)(H,23,24)(H,28,29). The number of hydrogen-bond donors (Lipinski definition) is 8. The Hall–Kier alpha value is -2.52. The summed E-state index contributed by atoms with van der Waals surface area (Å²) in [5, 5.41) is 33.2. The van der Waals surface area contributed by atoms with Crippen molar-refractivity contribution in [3.05, 3.63) is 0 Å². The van der Waals surface area contributed by atoms with E-state index in [1.165, 1.54) is 11.8 Å². The number of carboxylic acid groups (broad SMARTS) is 3. The second kappa shape index (κ2) is 14.5. The molecule has 0 aliphatic heterocycles. The summed E-state index contributed by atoms with van der Waals surface area (Å²) in [6.45, 7) is 0. The summed E-state index contributed by atoms with van der Waals surface area (Å²) in [4.78, 5) is 70.1. The van der Waals surface area contributed by atoms with Crippen LogP contribution in [0.15, 0.2) is 0 Å². The fraction of sp³-hybridized carbons (Fsp3) is 0.625. The van der Waals surface area contributed by atoms with E-state index in [0.717, 1.165) is 0 Å². The van der Waals surface area contributed by atoms with Gasteiger partial charge < -0.3 is 37.0 Å². The topological polar surface area (TPSA) is 225 Å². The first-order valence-corrected chi connectivity index (χ1v) is 10.9. The van der Waals surface area contributed by atoms with E-state index in [2.05, 4.69) is 17.9 Å². The van der Waals surface area contributed by atoms with E-state index in [9.17, 15) is 28.8 Å². The molecule has 0 radical (unpaired) electrons. The molecule has 31 heavy (non-hydrogen) atoms. The number of thioether (sulfide) groups is 1. The molecule has 0 saturated carbocycles. The summed E-state index contributed by atoms with van der Waals surface area (Å²) in [5.41, 5.74) is 5.69. The van der Waals surface area contributed by atoms with Gasteiger partial charge in [-0.1, -0.05) is 0 Å². The van der Waals surface area contributed by atoms with Gasteiger partial charge in [0.2, 0.25) is 17.7 Å². The van der Waals surface area contributed by atoms with Crippen LogP contribution in [0.4, 0.5) is 0 Å². The lowest BCUT2D eigenvalue weighted by Gasteiger charge is -2.23. The van der Waals surface area contributed by atoms with Crippen LogP contribution in [0.1, 0.15) is 19.3 Å². The van der Waals surface area contributed by atoms with Crippen LogP contribution in [0, 0.1) is 0 Å². The Morgan fingerprint density at radius 3 is 1.61 bits per heavy atom. The molecule has 0 spiro atoms. The number of nitrogens with two attached hydrogens (primary N) is 1. The molecule has 0 aromatic heterocycles. The van der Waals surface area contributed by atoms with Crippen LogP contribution in [0.2, 0.25) is 0 Å². The highest BCUT2D eigenvalue weighted by molar-refractivity contribution is 7.98. The average Bonchev–Trinajstić information content (AvgIpc) is 2.67. The molecular weight excluding hydrogens is 456 g/mol. The molecule has 176 valence electrons. The van der Waals surface area contributed by atoms with Gasteiger partial charge in [0.1, 0.15) is 18.1 Å². The Bertz CT molecular complexity index is 692. The molecule has 0 bridgehead atoms. The molecule has 8 N–H and O–H groups in total. The molecule has 15 heteroatoms. The van der Waals surface area contributed by atoms with Gasteiger partial charge in [-0.2, -0.15) is 24.4 Å². The molecule has 0 saturated heterocycles. The van der Waals surface area contributed by atoms with E-state index in [4.69, 9.17) is 21.1 Å². The van der Waals surface area contributed by atoms with Crippen molar-refractivity contribution in [2.45, 2.75) is 43.4 Å². The SMILES string of the molecule is CSCCC(N)C(=O)NC(CC(=O)O)C(=O)NC(CC(=O)O)C(=O)NC(CS)C(=O)O. The van der Waals surface area contributed by atoms with Crippen molar-refractivity contribution < 1.29 is 44.1 Å². The van der Waals surface area contributed by atoms with Crippen molar-refractivity contribution in [3.8, 4) is 0 Å². The van der Waals surface area contributed by atoms with Crippen LogP contribution < -0.4 is 21.7 Å². The lowest BCUT2D eigenvalue weighted by molar-refractivity contribution is -0.144. The monoisotopic (exact) mass is 482 g/mol. The van der Waals surface area contributed by atoms with Crippen LogP contribution in [0.25, 0.3) is 0 Å². The molecule has 0 heterocycles. The third kappa shape index (κ3) is 11.4. The second-order valence-corrected chi connectivity index (χ2v) is 7.64. The number of carboxylic acids is 3. The minimum absolute atomic E-state index is 0.263. The van der Waals surface area contributed by atoms with Crippen molar-refractivity contribution in [3.63, 3.8) is 0 Å². The molecule has 0 aromatic rings. The maximum absolute atomic E-state index is 12.5. The first-order chi connectivity index (χ1) is 14.4. The van der Waals surface area contributed by atoms with Gasteiger partial charge in [0.05, 0.1) is 18.9 Å². The third-order valence-corrected chi connectivity index (χ3v) is 4.80. The third-order valence-electron chi connectivity index (χ3n) is 3.79. The minimum Gasteiger partial charge on any atom is -0.481 e.